The van der Waals surface area contributed by atoms with Crippen molar-refractivity contribution >= 4 is 28.6 Å². The van der Waals surface area contributed by atoms with E-state index >= 15 is 0 Å². The molecular weight excluding hydrogens is 414 g/mol. The Kier molecular flexibility index (Phi) is 6.95. The van der Waals surface area contributed by atoms with E-state index in [4.69, 9.17) is 4.74 Å². The molecule has 0 aliphatic carbocycles. The highest BCUT2D eigenvalue weighted by atomic mass is 16.5. The zero-order chi connectivity index (χ0) is 23.0. The van der Waals surface area contributed by atoms with Crippen LogP contribution in [0, 0.1) is 0 Å². The lowest BCUT2D eigenvalue weighted by molar-refractivity contribution is -0.644. The third kappa shape index (κ3) is 5.95. The van der Waals surface area contributed by atoms with Gasteiger partial charge in [0.1, 0.15) is 19.7 Å². The van der Waals surface area contributed by atoms with Crippen LogP contribution < -0.4 is 15.2 Å². The van der Waals surface area contributed by atoms with Crippen molar-refractivity contribution in [2.75, 3.05) is 5.32 Å². The fourth-order valence-corrected chi connectivity index (χ4v) is 3.64. The summed E-state index contributed by atoms with van der Waals surface area (Å²) in [4.78, 5) is 25.6. The molecular formula is C27H26N3O3+. The maximum Gasteiger partial charge on any atom is 0.408 e. The molecule has 0 aliphatic rings. The number of hydrogen-bond donors (Lipinski definition) is 2. The molecule has 0 bridgehead atoms. The molecule has 0 spiro atoms. The van der Waals surface area contributed by atoms with Crippen LogP contribution in [-0.2, 0) is 29.6 Å². The van der Waals surface area contributed by atoms with Gasteiger partial charge in [-0.25, -0.2) is 9.36 Å². The van der Waals surface area contributed by atoms with E-state index in [-0.39, 0.29) is 12.5 Å². The van der Waals surface area contributed by atoms with Gasteiger partial charge in [0.05, 0.1) is 0 Å². The van der Waals surface area contributed by atoms with Crippen LogP contribution in [0.15, 0.2) is 97.2 Å². The second kappa shape index (κ2) is 10.4. The van der Waals surface area contributed by atoms with Gasteiger partial charge < -0.3 is 15.4 Å². The summed E-state index contributed by atoms with van der Waals surface area (Å²) in [6.07, 6.45) is 1.68. The number of aryl methyl sites for hydroxylation is 1. The highest BCUT2D eigenvalue weighted by molar-refractivity contribution is 5.98. The van der Waals surface area contributed by atoms with Crippen molar-refractivity contribution in [3.8, 4) is 0 Å². The predicted molar refractivity (Wildman–Crippen MR) is 127 cm³/mol. The molecule has 0 fully saturated rings. The summed E-state index contributed by atoms with van der Waals surface area (Å²) in [7, 11) is 1.97. The van der Waals surface area contributed by atoms with Crippen molar-refractivity contribution in [2.45, 2.75) is 19.1 Å². The van der Waals surface area contributed by atoms with Crippen molar-refractivity contribution in [1.29, 1.82) is 0 Å². The zero-order valence-corrected chi connectivity index (χ0v) is 18.4. The number of amides is 2. The number of hydrogen-bond acceptors (Lipinski definition) is 3. The lowest BCUT2D eigenvalue weighted by atomic mass is 10.1. The number of carbonyl (C=O) groups excluding carboxylic acids is 2. The number of benzene rings is 3. The van der Waals surface area contributed by atoms with E-state index in [1.807, 2.05) is 109 Å². The molecule has 1 atom stereocenters. The van der Waals surface area contributed by atoms with Crippen molar-refractivity contribution in [3.63, 3.8) is 0 Å². The molecule has 0 aliphatic heterocycles. The van der Waals surface area contributed by atoms with Gasteiger partial charge in [-0.3, -0.25) is 4.79 Å². The number of nitrogens with zero attached hydrogens (tertiary/aromatic N) is 1. The van der Waals surface area contributed by atoms with E-state index in [0.717, 1.165) is 22.0 Å². The number of alkyl carbamates (subject to hydrolysis) is 1. The first kappa shape index (κ1) is 22.0. The minimum Gasteiger partial charge on any atom is -0.445 e. The summed E-state index contributed by atoms with van der Waals surface area (Å²) in [6, 6.07) is 27.9. The summed E-state index contributed by atoms with van der Waals surface area (Å²) in [6.45, 7) is 0.133. The van der Waals surface area contributed by atoms with E-state index in [1.165, 1.54) is 0 Å². The van der Waals surface area contributed by atoms with Crippen LogP contribution in [0.3, 0.4) is 0 Å². The van der Waals surface area contributed by atoms with Crippen molar-refractivity contribution in [2.24, 2.45) is 7.05 Å². The molecule has 1 aromatic heterocycles. The van der Waals surface area contributed by atoms with E-state index < -0.39 is 12.1 Å². The number of ether oxygens (including phenoxy) is 1. The van der Waals surface area contributed by atoms with E-state index in [2.05, 4.69) is 10.6 Å². The van der Waals surface area contributed by atoms with E-state index in [9.17, 15) is 9.59 Å². The highest BCUT2D eigenvalue weighted by Gasteiger charge is 2.22. The van der Waals surface area contributed by atoms with Crippen LogP contribution in [0.1, 0.15) is 11.1 Å². The molecule has 2 N–H and O–H groups in total. The molecule has 1 heterocycles. The Balaban J connectivity index is 1.47. The minimum absolute atomic E-state index is 0.133. The Hall–Kier alpha value is -4.19. The molecule has 0 unspecified atom stereocenters. The van der Waals surface area contributed by atoms with Gasteiger partial charge >= 0.3 is 6.09 Å². The number of fused-ring (bicyclic) bond motifs is 1. The third-order valence-electron chi connectivity index (χ3n) is 5.36. The highest BCUT2D eigenvalue weighted by Crippen LogP contribution is 2.17. The van der Waals surface area contributed by atoms with E-state index in [1.54, 1.807) is 0 Å². The SMILES string of the molecule is C[n+]1cccc2cc(NC(=O)[C@H](Cc3ccccc3)NC(=O)OCc3ccccc3)ccc21. The Bertz CT molecular complexity index is 1240. The van der Waals surface area contributed by atoms with Crippen LogP contribution >= 0.6 is 0 Å². The first-order valence-electron chi connectivity index (χ1n) is 10.8. The Morgan fingerprint density at radius 2 is 1.58 bits per heavy atom. The third-order valence-corrected chi connectivity index (χ3v) is 5.36. The summed E-state index contributed by atoms with van der Waals surface area (Å²) in [5.41, 5.74) is 3.53. The zero-order valence-electron chi connectivity index (χ0n) is 18.4. The molecule has 2 amide bonds. The van der Waals surface area contributed by atoms with Crippen LogP contribution in [0.2, 0.25) is 0 Å². The molecule has 4 aromatic rings. The normalized spacial score (nSPS) is 11.5. The molecule has 6 nitrogen and oxygen atoms in total. The van der Waals surface area contributed by atoms with Gasteiger partial charge in [0, 0.05) is 29.6 Å². The Morgan fingerprint density at radius 3 is 2.30 bits per heavy atom. The monoisotopic (exact) mass is 440 g/mol. The van der Waals surface area contributed by atoms with Gasteiger partial charge in [-0.2, -0.15) is 0 Å². The summed E-state index contributed by atoms with van der Waals surface area (Å²) < 4.78 is 7.35. The standard InChI is InChI=1S/C27H25N3O3/c1-30-16-8-13-22-18-23(14-15-25(22)30)28-26(31)24(17-20-9-4-2-5-10-20)29-27(32)33-19-21-11-6-3-7-12-21/h2-16,18,24H,17,19H2,1H3,(H-,28,29,31,32)/p+1/t24-/m0/s1. The first-order valence-corrected chi connectivity index (χ1v) is 10.8. The van der Waals surface area contributed by atoms with Crippen molar-refractivity contribution < 1.29 is 18.9 Å². The number of nitrogens with one attached hydrogen (secondary N) is 2. The molecule has 3 aromatic carbocycles. The average molecular weight is 441 g/mol. The summed E-state index contributed by atoms with van der Waals surface area (Å²) in [5.74, 6) is -0.310. The number of anilines is 1. The average Bonchev–Trinajstić information content (AvgIpc) is 2.84. The van der Waals surface area contributed by atoms with E-state index in [0.29, 0.717) is 12.1 Å². The van der Waals surface area contributed by atoms with Gasteiger partial charge in [0.2, 0.25) is 11.4 Å². The Morgan fingerprint density at radius 1 is 0.879 bits per heavy atom. The Labute approximate surface area is 192 Å². The van der Waals surface area contributed by atoms with Crippen molar-refractivity contribution in [3.05, 3.63) is 108 Å². The van der Waals surface area contributed by atoms with Gasteiger partial charge in [0.25, 0.3) is 0 Å². The summed E-state index contributed by atoms with van der Waals surface area (Å²) >= 11 is 0. The summed E-state index contributed by atoms with van der Waals surface area (Å²) in [5, 5.41) is 6.67. The predicted octanol–water partition coefficient (Wildman–Crippen LogP) is 4.14. The number of pyridine rings is 1. The van der Waals surface area contributed by atoms with Gasteiger partial charge in [-0.1, -0.05) is 60.7 Å². The van der Waals surface area contributed by atoms with Gasteiger partial charge in [-0.15, -0.1) is 0 Å². The number of rotatable bonds is 7. The second-order valence-corrected chi connectivity index (χ2v) is 7.83. The van der Waals surface area contributed by atoms with Crippen molar-refractivity contribution in [1.82, 2.24) is 5.32 Å². The maximum absolute atomic E-state index is 13.1. The minimum atomic E-state index is -0.793. The number of carbonyl (C=O) groups is 2. The van der Waals surface area contributed by atoms with Crippen LogP contribution in [0.5, 0.6) is 0 Å². The number of aromatic nitrogens is 1. The topological polar surface area (TPSA) is 71.3 Å². The quantitative estimate of drug-likeness (QED) is 0.424. The largest absolute Gasteiger partial charge is 0.445 e. The van der Waals surface area contributed by atoms with Crippen LogP contribution in [-0.4, -0.2) is 18.0 Å². The fraction of sp³-hybridized carbons (Fsp3) is 0.148. The molecule has 6 heteroatoms. The molecule has 0 saturated carbocycles. The van der Waals surface area contributed by atoms with Gasteiger partial charge in [-0.05, 0) is 29.3 Å². The van der Waals surface area contributed by atoms with Crippen LogP contribution in [0.25, 0.3) is 10.9 Å². The smallest absolute Gasteiger partial charge is 0.408 e. The molecule has 33 heavy (non-hydrogen) atoms. The lowest BCUT2D eigenvalue weighted by Gasteiger charge is -2.19. The first-order chi connectivity index (χ1) is 16.1. The van der Waals surface area contributed by atoms with Gasteiger partial charge in [0.15, 0.2) is 6.20 Å². The second-order valence-electron chi connectivity index (χ2n) is 7.83. The lowest BCUT2D eigenvalue weighted by Crippen LogP contribution is -2.45. The molecule has 166 valence electrons. The molecule has 0 radical (unpaired) electrons. The van der Waals surface area contributed by atoms with Crippen LogP contribution in [0.4, 0.5) is 10.5 Å². The molecule has 4 rings (SSSR count). The maximum atomic E-state index is 13.1. The fourth-order valence-electron chi connectivity index (χ4n) is 3.64. The molecule has 0 saturated heterocycles.